The van der Waals surface area contributed by atoms with Crippen LogP contribution in [0, 0.1) is 13.8 Å². The summed E-state index contributed by atoms with van der Waals surface area (Å²) < 4.78 is 6.71. The van der Waals surface area contributed by atoms with Crippen molar-refractivity contribution in [3.8, 4) is 5.88 Å². The molecule has 0 amide bonds. The zero-order valence-corrected chi connectivity index (χ0v) is 13.6. The van der Waals surface area contributed by atoms with E-state index in [1.54, 1.807) is 0 Å². The maximum absolute atomic E-state index is 5.75. The fourth-order valence-corrected chi connectivity index (χ4v) is 2.44. The summed E-state index contributed by atoms with van der Waals surface area (Å²) in [4.78, 5) is 0.268. The van der Waals surface area contributed by atoms with Gasteiger partial charge >= 0.3 is 0 Å². The van der Waals surface area contributed by atoms with Crippen molar-refractivity contribution < 1.29 is 4.74 Å². The van der Waals surface area contributed by atoms with Gasteiger partial charge in [0, 0.05) is 4.47 Å². The van der Waals surface area contributed by atoms with Crippen molar-refractivity contribution >= 4 is 33.1 Å². The Bertz CT molecular complexity index is 661. The predicted octanol–water partition coefficient (Wildman–Crippen LogP) is 3.07. The summed E-state index contributed by atoms with van der Waals surface area (Å²) in [6, 6.07) is 7.86. The summed E-state index contributed by atoms with van der Waals surface area (Å²) in [5.74, 6) is 0.376. The van der Waals surface area contributed by atoms with Gasteiger partial charge < -0.3 is 10.5 Å². The van der Waals surface area contributed by atoms with Gasteiger partial charge in [-0.1, -0.05) is 40.3 Å². The van der Waals surface area contributed by atoms with E-state index in [0.717, 1.165) is 21.3 Å². The largest absolute Gasteiger partial charge is 0.471 e. The molecule has 0 atom stereocenters. The van der Waals surface area contributed by atoms with Crippen LogP contribution >= 0.6 is 28.1 Å². The maximum atomic E-state index is 5.75. The highest BCUT2D eigenvalue weighted by atomic mass is 79.9. The summed E-state index contributed by atoms with van der Waals surface area (Å²) >= 11 is 8.49. The number of aryl methyl sites for hydroxylation is 1. The van der Waals surface area contributed by atoms with E-state index in [4.69, 9.17) is 22.7 Å². The zero-order chi connectivity index (χ0) is 14.7. The van der Waals surface area contributed by atoms with Gasteiger partial charge in [-0.25, -0.2) is 0 Å². The van der Waals surface area contributed by atoms with Crippen molar-refractivity contribution in [1.82, 2.24) is 10.2 Å². The van der Waals surface area contributed by atoms with Crippen LogP contribution in [-0.2, 0) is 6.61 Å². The standard InChI is InChI=1S/C14H14BrN3OS/c1-8-9(2)17-18-14(12(8)13(16)20)19-7-10-4-3-5-11(15)6-10/h3-6H,7H2,1-2H3,(H2,16,20). The number of benzene rings is 1. The van der Waals surface area contributed by atoms with Gasteiger partial charge in [-0.3, -0.25) is 0 Å². The number of nitrogens with two attached hydrogens (primary N) is 1. The third kappa shape index (κ3) is 3.32. The number of aromatic nitrogens is 2. The summed E-state index contributed by atoms with van der Waals surface area (Å²) in [6.07, 6.45) is 0. The van der Waals surface area contributed by atoms with Crippen LogP contribution < -0.4 is 10.5 Å². The van der Waals surface area contributed by atoms with E-state index in [2.05, 4.69) is 26.1 Å². The molecule has 0 fully saturated rings. The molecule has 104 valence electrons. The van der Waals surface area contributed by atoms with Gasteiger partial charge in [-0.15, -0.1) is 5.10 Å². The molecule has 2 N–H and O–H groups in total. The maximum Gasteiger partial charge on any atom is 0.244 e. The third-order valence-electron chi connectivity index (χ3n) is 2.93. The van der Waals surface area contributed by atoms with Crippen molar-refractivity contribution in [1.29, 1.82) is 0 Å². The lowest BCUT2D eigenvalue weighted by Gasteiger charge is -2.12. The topological polar surface area (TPSA) is 61.0 Å². The Balaban J connectivity index is 2.26. The molecule has 0 aliphatic carbocycles. The number of thiocarbonyl (C=S) groups is 1. The number of nitrogens with zero attached hydrogens (tertiary/aromatic N) is 2. The zero-order valence-electron chi connectivity index (χ0n) is 11.2. The molecule has 2 rings (SSSR count). The first-order valence-corrected chi connectivity index (χ1v) is 7.20. The summed E-state index contributed by atoms with van der Waals surface area (Å²) in [7, 11) is 0. The molecular formula is C14H14BrN3OS. The number of hydrogen-bond acceptors (Lipinski definition) is 4. The quantitative estimate of drug-likeness (QED) is 0.857. The van der Waals surface area contributed by atoms with Crippen LogP contribution in [0.25, 0.3) is 0 Å². The van der Waals surface area contributed by atoms with E-state index in [1.807, 2.05) is 38.1 Å². The number of halogens is 1. The smallest absolute Gasteiger partial charge is 0.244 e. The van der Waals surface area contributed by atoms with Crippen molar-refractivity contribution in [2.24, 2.45) is 5.73 Å². The molecule has 0 aliphatic rings. The van der Waals surface area contributed by atoms with E-state index in [0.29, 0.717) is 18.1 Å². The van der Waals surface area contributed by atoms with Crippen LogP contribution in [0.4, 0.5) is 0 Å². The second-order valence-corrected chi connectivity index (χ2v) is 5.73. The van der Waals surface area contributed by atoms with E-state index < -0.39 is 0 Å². The van der Waals surface area contributed by atoms with Crippen molar-refractivity contribution in [2.75, 3.05) is 0 Å². The predicted molar refractivity (Wildman–Crippen MR) is 85.9 cm³/mol. The van der Waals surface area contributed by atoms with Crippen LogP contribution in [0.3, 0.4) is 0 Å². The lowest BCUT2D eigenvalue weighted by Crippen LogP contribution is -2.16. The monoisotopic (exact) mass is 351 g/mol. The molecule has 1 aromatic carbocycles. The van der Waals surface area contributed by atoms with Gasteiger partial charge in [0.25, 0.3) is 0 Å². The summed E-state index contributed by atoms with van der Waals surface area (Å²) in [5, 5.41) is 8.10. The van der Waals surface area contributed by atoms with Crippen molar-refractivity contribution in [3.05, 3.63) is 51.1 Å². The fourth-order valence-electron chi connectivity index (χ4n) is 1.76. The molecule has 1 heterocycles. The molecule has 6 heteroatoms. The second-order valence-electron chi connectivity index (χ2n) is 4.37. The van der Waals surface area contributed by atoms with Gasteiger partial charge in [0.2, 0.25) is 5.88 Å². The number of hydrogen-bond donors (Lipinski definition) is 1. The Labute approximate surface area is 131 Å². The van der Waals surface area contributed by atoms with Crippen molar-refractivity contribution in [2.45, 2.75) is 20.5 Å². The molecule has 0 saturated carbocycles. The SMILES string of the molecule is Cc1nnc(OCc2cccc(Br)c2)c(C(N)=S)c1C. The minimum absolute atomic E-state index is 0.268. The van der Waals surface area contributed by atoms with Crippen LogP contribution in [0.5, 0.6) is 5.88 Å². The van der Waals surface area contributed by atoms with Crippen LogP contribution in [0.2, 0.25) is 0 Å². The van der Waals surface area contributed by atoms with E-state index in [-0.39, 0.29) is 4.99 Å². The van der Waals surface area contributed by atoms with Gasteiger partial charge in [0.1, 0.15) is 11.6 Å². The highest BCUT2D eigenvalue weighted by Gasteiger charge is 2.15. The molecule has 2 aromatic rings. The Morgan fingerprint density at radius 3 is 2.75 bits per heavy atom. The number of rotatable bonds is 4. The molecule has 0 spiro atoms. The lowest BCUT2D eigenvalue weighted by molar-refractivity contribution is 0.289. The van der Waals surface area contributed by atoms with Gasteiger partial charge in [0.05, 0.1) is 11.3 Å². The molecule has 4 nitrogen and oxygen atoms in total. The molecule has 0 bridgehead atoms. The van der Waals surface area contributed by atoms with Crippen LogP contribution in [0.1, 0.15) is 22.4 Å². The van der Waals surface area contributed by atoms with Crippen LogP contribution in [0.15, 0.2) is 28.7 Å². The first-order valence-electron chi connectivity index (χ1n) is 6.00. The summed E-state index contributed by atoms with van der Waals surface area (Å²) in [6.45, 7) is 4.15. The molecule has 0 aliphatic heterocycles. The van der Waals surface area contributed by atoms with Gasteiger partial charge in [-0.2, -0.15) is 5.10 Å². The molecule has 20 heavy (non-hydrogen) atoms. The average Bonchev–Trinajstić information content (AvgIpc) is 2.39. The van der Waals surface area contributed by atoms with E-state index in [1.165, 1.54) is 0 Å². The van der Waals surface area contributed by atoms with Gasteiger partial charge in [-0.05, 0) is 37.1 Å². The normalized spacial score (nSPS) is 10.3. The number of ether oxygens (including phenoxy) is 1. The molecular weight excluding hydrogens is 338 g/mol. The average molecular weight is 352 g/mol. The Morgan fingerprint density at radius 2 is 2.10 bits per heavy atom. The Kier molecular flexibility index (Phi) is 4.67. The Morgan fingerprint density at radius 1 is 1.35 bits per heavy atom. The fraction of sp³-hybridized carbons (Fsp3) is 0.214. The first-order chi connectivity index (χ1) is 9.49. The minimum Gasteiger partial charge on any atom is -0.471 e. The van der Waals surface area contributed by atoms with Crippen LogP contribution in [-0.4, -0.2) is 15.2 Å². The van der Waals surface area contributed by atoms with Crippen molar-refractivity contribution in [3.63, 3.8) is 0 Å². The first kappa shape index (κ1) is 14.9. The van der Waals surface area contributed by atoms with E-state index in [9.17, 15) is 0 Å². The lowest BCUT2D eigenvalue weighted by atomic mass is 10.1. The Hall–Kier alpha value is -1.53. The van der Waals surface area contributed by atoms with E-state index >= 15 is 0 Å². The molecule has 0 unspecified atom stereocenters. The molecule has 1 aromatic heterocycles. The molecule has 0 radical (unpaired) electrons. The minimum atomic E-state index is 0.268. The second kappa shape index (κ2) is 6.28. The molecule has 0 saturated heterocycles. The highest BCUT2D eigenvalue weighted by Crippen LogP contribution is 2.22. The highest BCUT2D eigenvalue weighted by molar-refractivity contribution is 9.10. The summed E-state index contributed by atoms with van der Waals surface area (Å²) in [5.41, 5.74) is 9.12. The third-order valence-corrected chi connectivity index (χ3v) is 3.63. The van der Waals surface area contributed by atoms with Gasteiger partial charge in [0.15, 0.2) is 0 Å².